The minimum atomic E-state index is -3.95. The lowest BCUT2D eigenvalue weighted by molar-refractivity contribution is -0.140. The summed E-state index contributed by atoms with van der Waals surface area (Å²) < 4.78 is 38.7. The van der Waals surface area contributed by atoms with Crippen LogP contribution in [0, 0.1) is 5.92 Å². The van der Waals surface area contributed by atoms with E-state index in [-0.39, 0.29) is 36.2 Å². The van der Waals surface area contributed by atoms with Crippen molar-refractivity contribution in [1.29, 1.82) is 0 Å². The summed E-state index contributed by atoms with van der Waals surface area (Å²) in [6.45, 7) is 3.95. The van der Waals surface area contributed by atoms with Gasteiger partial charge in [-0.05, 0) is 41.3 Å². The van der Waals surface area contributed by atoms with Crippen molar-refractivity contribution in [3.05, 3.63) is 88.4 Å². The first-order valence-corrected chi connectivity index (χ1v) is 16.1. The third kappa shape index (κ3) is 9.22. The molecule has 0 aliphatic carbocycles. The highest BCUT2D eigenvalue weighted by molar-refractivity contribution is 9.10. The Bertz CT molecular complexity index is 1470. The molecule has 0 bridgehead atoms. The molecule has 0 unspecified atom stereocenters. The molecular formula is C31H38BrN3O6S. The zero-order valence-corrected chi connectivity index (χ0v) is 26.9. The number of rotatable bonds is 14. The van der Waals surface area contributed by atoms with Gasteiger partial charge in [-0.2, -0.15) is 0 Å². The second-order valence-electron chi connectivity index (χ2n) is 10.3. The summed E-state index contributed by atoms with van der Waals surface area (Å²) in [7, 11) is -1.05. The van der Waals surface area contributed by atoms with Crippen molar-refractivity contribution in [2.45, 2.75) is 32.9 Å². The molecule has 9 nitrogen and oxygen atoms in total. The first-order chi connectivity index (χ1) is 19.9. The van der Waals surface area contributed by atoms with Gasteiger partial charge in [-0.3, -0.25) is 13.9 Å². The molecule has 0 saturated carbocycles. The second-order valence-corrected chi connectivity index (χ2v) is 13.1. The van der Waals surface area contributed by atoms with E-state index in [1.807, 2.05) is 68.4 Å². The number of ether oxygens (including phenoxy) is 2. The average Bonchev–Trinajstić information content (AvgIpc) is 2.96. The second kappa shape index (κ2) is 15.1. The van der Waals surface area contributed by atoms with E-state index < -0.39 is 28.5 Å². The minimum absolute atomic E-state index is 0.0855. The van der Waals surface area contributed by atoms with Gasteiger partial charge in [-0.1, -0.05) is 72.2 Å². The summed E-state index contributed by atoms with van der Waals surface area (Å²) >= 11 is 3.48. The number of hydrogen-bond acceptors (Lipinski definition) is 6. The van der Waals surface area contributed by atoms with Gasteiger partial charge in [0.2, 0.25) is 21.8 Å². The molecule has 226 valence electrons. The highest BCUT2D eigenvalue weighted by atomic mass is 79.9. The van der Waals surface area contributed by atoms with Crippen LogP contribution in [0.2, 0.25) is 0 Å². The monoisotopic (exact) mass is 659 g/mol. The molecule has 0 heterocycles. The van der Waals surface area contributed by atoms with Gasteiger partial charge in [0.05, 0.1) is 26.2 Å². The molecule has 0 saturated heterocycles. The summed E-state index contributed by atoms with van der Waals surface area (Å²) in [5, 5.41) is 2.97. The number of carbonyl (C=O) groups excluding carboxylic acids is 2. The molecule has 1 atom stereocenters. The zero-order chi connectivity index (χ0) is 30.9. The molecule has 0 aliphatic rings. The topological polar surface area (TPSA) is 105 Å². The molecule has 3 aromatic carbocycles. The summed E-state index contributed by atoms with van der Waals surface area (Å²) in [6.07, 6.45) is 1.27. The number of nitrogens with zero attached hydrogens (tertiary/aromatic N) is 2. The zero-order valence-electron chi connectivity index (χ0n) is 24.5. The molecule has 11 heteroatoms. The van der Waals surface area contributed by atoms with Gasteiger partial charge in [0.25, 0.3) is 0 Å². The third-order valence-corrected chi connectivity index (χ3v) is 8.15. The summed E-state index contributed by atoms with van der Waals surface area (Å²) in [4.78, 5) is 29.4. The van der Waals surface area contributed by atoms with Crippen LogP contribution >= 0.6 is 15.9 Å². The molecule has 0 radical (unpaired) electrons. The maximum atomic E-state index is 14.2. The van der Waals surface area contributed by atoms with Crippen LogP contribution < -0.4 is 19.1 Å². The predicted octanol–water partition coefficient (Wildman–Crippen LogP) is 4.64. The third-order valence-electron chi connectivity index (χ3n) is 6.53. The van der Waals surface area contributed by atoms with Crippen molar-refractivity contribution in [3.8, 4) is 11.5 Å². The van der Waals surface area contributed by atoms with E-state index in [1.54, 1.807) is 12.1 Å². The highest BCUT2D eigenvalue weighted by Crippen LogP contribution is 2.34. The first kappa shape index (κ1) is 32.9. The molecule has 0 aliphatic heterocycles. The Balaban J connectivity index is 2.09. The summed E-state index contributed by atoms with van der Waals surface area (Å²) in [5.41, 5.74) is 1.83. The number of anilines is 1. The fourth-order valence-corrected chi connectivity index (χ4v) is 5.69. The number of hydrogen-bond donors (Lipinski definition) is 1. The Kier molecular flexibility index (Phi) is 11.8. The number of amides is 2. The highest BCUT2D eigenvalue weighted by Gasteiger charge is 2.34. The lowest BCUT2D eigenvalue weighted by Crippen LogP contribution is -2.53. The average molecular weight is 661 g/mol. The molecule has 1 N–H and O–H groups in total. The SMILES string of the molecule is COc1ccc(N(CC(=O)N(Cc2cccc(Br)c2)[C@@H](Cc2ccccc2)C(=O)NCC(C)C)S(C)(=O)=O)c(OC)c1. The number of nitrogens with one attached hydrogen (secondary N) is 1. The molecule has 2 amide bonds. The fourth-order valence-electron chi connectivity index (χ4n) is 4.39. The van der Waals surface area contributed by atoms with Crippen molar-refractivity contribution in [3.63, 3.8) is 0 Å². The summed E-state index contributed by atoms with van der Waals surface area (Å²) in [6, 6.07) is 20.6. The van der Waals surface area contributed by atoms with Gasteiger partial charge in [0.1, 0.15) is 24.1 Å². The molecular weight excluding hydrogens is 622 g/mol. The lowest BCUT2D eigenvalue weighted by atomic mass is 10.0. The van der Waals surface area contributed by atoms with Crippen molar-refractivity contribution < 1.29 is 27.5 Å². The van der Waals surface area contributed by atoms with Crippen molar-refractivity contribution in [2.24, 2.45) is 5.92 Å². The minimum Gasteiger partial charge on any atom is -0.497 e. The number of carbonyl (C=O) groups is 2. The van der Waals surface area contributed by atoms with Crippen LogP contribution in [0.1, 0.15) is 25.0 Å². The van der Waals surface area contributed by atoms with Gasteiger partial charge in [0.15, 0.2) is 0 Å². The van der Waals surface area contributed by atoms with Crippen LogP contribution in [-0.2, 0) is 32.6 Å². The van der Waals surface area contributed by atoms with E-state index in [4.69, 9.17) is 9.47 Å². The van der Waals surface area contributed by atoms with Crippen LogP contribution in [0.5, 0.6) is 11.5 Å². The fraction of sp³-hybridized carbons (Fsp3) is 0.355. The lowest BCUT2D eigenvalue weighted by Gasteiger charge is -2.34. The molecule has 3 aromatic rings. The maximum Gasteiger partial charge on any atom is 0.244 e. The first-order valence-electron chi connectivity index (χ1n) is 13.5. The smallest absolute Gasteiger partial charge is 0.244 e. The standard InChI is InChI=1S/C31H38BrN3O6S/c1-22(2)19-33-31(37)28(17-23-10-7-6-8-11-23)34(20-24-12-9-13-25(32)16-24)30(36)21-35(42(5,38)39)27-15-14-26(40-3)18-29(27)41-4/h6-16,18,22,28H,17,19-21H2,1-5H3,(H,33,37)/t28-/m0/s1. The molecule has 0 aromatic heterocycles. The molecule has 0 fully saturated rings. The maximum absolute atomic E-state index is 14.2. The van der Waals surface area contributed by atoms with Gasteiger partial charge in [-0.25, -0.2) is 8.42 Å². The van der Waals surface area contributed by atoms with E-state index in [9.17, 15) is 18.0 Å². The van der Waals surface area contributed by atoms with Crippen LogP contribution in [0.4, 0.5) is 5.69 Å². The van der Waals surface area contributed by atoms with Gasteiger partial charge in [0, 0.05) is 30.0 Å². The van der Waals surface area contributed by atoms with E-state index in [1.165, 1.54) is 25.2 Å². The van der Waals surface area contributed by atoms with Crippen LogP contribution in [0.3, 0.4) is 0 Å². The summed E-state index contributed by atoms with van der Waals surface area (Å²) in [5.74, 6) is 0.0320. The van der Waals surface area contributed by atoms with Crippen LogP contribution in [-0.4, -0.2) is 64.7 Å². The van der Waals surface area contributed by atoms with Crippen LogP contribution in [0.15, 0.2) is 77.3 Å². The molecule has 42 heavy (non-hydrogen) atoms. The Labute approximate surface area is 257 Å². The Hall–Kier alpha value is -3.57. The van der Waals surface area contributed by atoms with E-state index in [2.05, 4.69) is 21.2 Å². The van der Waals surface area contributed by atoms with E-state index in [0.717, 1.165) is 26.2 Å². The largest absolute Gasteiger partial charge is 0.497 e. The van der Waals surface area contributed by atoms with Gasteiger partial charge < -0.3 is 19.7 Å². The quantitative estimate of drug-likeness (QED) is 0.270. The number of halogens is 1. The van der Waals surface area contributed by atoms with Gasteiger partial charge >= 0.3 is 0 Å². The predicted molar refractivity (Wildman–Crippen MR) is 168 cm³/mol. The normalized spacial score (nSPS) is 12.0. The van der Waals surface area contributed by atoms with Crippen molar-refractivity contribution >= 4 is 43.5 Å². The van der Waals surface area contributed by atoms with Gasteiger partial charge in [-0.15, -0.1) is 0 Å². The Morgan fingerprint density at radius 2 is 1.62 bits per heavy atom. The molecule has 3 rings (SSSR count). The van der Waals surface area contributed by atoms with Crippen molar-refractivity contribution in [1.82, 2.24) is 10.2 Å². The van der Waals surface area contributed by atoms with E-state index >= 15 is 0 Å². The van der Waals surface area contributed by atoms with E-state index in [0.29, 0.717) is 12.3 Å². The van der Waals surface area contributed by atoms with Crippen LogP contribution in [0.25, 0.3) is 0 Å². The number of methoxy groups -OCH3 is 2. The molecule has 0 spiro atoms. The number of benzene rings is 3. The Morgan fingerprint density at radius 1 is 0.929 bits per heavy atom. The Morgan fingerprint density at radius 3 is 2.21 bits per heavy atom. The number of sulfonamides is 1. The van der Waals surface area contributed by atoms with Crippen molar-refractivity contribution in [2.75, 3.05) is 37.9 Å².